The summed E-state index contributed by atoms with van der Waals surface area (Å²) in [6, 6.07) is 6.20. The Morgan fingerprint density at radius 1 is 1.10 bits per heavy atom. The number of ketones is 1. The molecule has 4 heteroatoms. The second-order valence-electron chi connectivity index (χ2n) is 5.51. The third-order valence-corrected chi connectivity index (χ3v) is 3.84. The number of nitrogens with zero attached hydrogens (tertiary/aromatic N) is 1. The van der Waals surface area contributed by atoms with E-state index < -0.39 is 5.97 Å². The summed E-state index contributed by atoms with van der Waals surface area (Å²) in [4.78, 5) is 25.5. The van der Waals surface area contributed by atoms with Gasteiger partial charge >= 0.3 is 5.97 Å². The molecule has 20 heavy (non-hydrogen) atoms. The number of carbonyl (C=O) groups excluding carboxylic acids is 1. The summed E-state index contributed by atoms with van der Waals surface area (Å²) in [7, 11) is 0. The minimum atomic E-state index is -0.967. The van der Waals surface area contributed by atoms with Crippen LogP contribution in [0.3, 0.4) is 0 Å². The Morgan fingerprint density at radius 3 is 2.20 bits per heavy atom. The smallest absolute Gasteiger partial charge is 0.335 e. The zero-order valence-electron chi connectivity index (χ0n) is 11.8. The van der Waals surface area contributed by atoms with Crippen LogP contribution >= 0.6 is 0 Å². The number of piperidine rings is 1. The Kier molecular flexibility index (Phi) is 4.90. The van der Waals surface area contributed by atoms with Gasteiger partial charge < -0.3 is 10.0 Å². The van der Waals surface area contributed by atoms with Crippen LogP contribution in [0.4, 0.5) is 0 Å². The van der Waals surface area contributed by atoms with Crippen molar-refractivity contribution in [3.8, 4) is 0 Å². The van der Waals surface area contributed by atoms with Crippen LogP contribution < -0.4 is 0 Å². The van der Waals surface area contributed by atoms with Gasteiger partial charge in [-0.15, -0.1) is 0 Å². The van der Waals surface area contributed by atoms with E-state index in [9.17, 15) is 9.59 Å². The van der Waals surface area contributed by atoms with Gasteiger partial charge in [0, 0.05) is 18.0 Å². The first-order valence-electron chi connectivity index (χ1n) is 7.18. The highest BCUT2D eigenvalue weighted by molar-refractivity contribution is 5.98. The number of Topliss-reactive ketones (excluding diaryl/α,β-unsaturated/α-hetero) is 1. The molecule has 0 radical (unpaired) electrons. The lowest BCUT2D eigenvalue weighted by molar-refractivity contribution is 0.0696. The van der Waals surface area contributed by atoms with Crippen LogP contribution in [0, 0.1) is 5.92 Å². The summed E-state index contributed by atoms with van der Waals surface area (Å²) in [6.45, 7) is 4.90. The van der Waals surface area contributed by atoms with Gasteiger partial charge in [-0.1, -0.05) is 25.5 Å². The summed E-state index contributed by atoms with van der Waals surface area (Å²) < 4.78 is 0. The maximum atomic E-state index is 12.3. The average Bonchev–Trinajstić information content (AvgIpc) is 2.47. The molecule has 1 heterocycles. The lowest BCUT2D eigenvalue weighted by Gasteiger charge is -2.28. The van der Waals surface area contributed by atoms with Crippen molar-refractivity contribution in [2.24, 2.45) is 5.92 Å². The second kappa shape index (κ2) is 6.66. The van der Waals surface area contributed by atoms with Crippen molar-refractivity contribution in [1.82, 2.24) is 4.90 Å². The molecule has 1 atom stereocenters. The maximum Gasteiger partial charge on any atom is 0.335 e. The fraction of sp³-hybridized carbons (Fsp3) is 0.500. The van der Waals surface area contributed by atoms with Crippen molar-refractivity contribution >= 4 is 11.8 Å². The molecule has 1 N–H and O–H groups in total. The van der Waals surface area contributed by atoms with E-state index in [2.05, 4.69) is 4.90 Å². The van der Waals surface area contributed by atoms with Crippen LogP contribution in [0.15, 0.2) is 24.3 Å². The molecular formula is C16H21NO3. The highest BCUT2D eigenvalue weighted by Crippen LogP contribution is 2.15. The molecule has 1 aliphatic rings. The number of aromatic carboxylic acids is 1. The van der Waals surface area contributed by atoms with E-state index in [1.165, 1.54) is 31.4 Å². The van der Waals surface area contributed by atoms with Crippen molar-refractivity contribution in [2.75, 3.05) is 19.6 Å². The number of hydrogen-bond donors (Lipinski definition) is 1. The van der Waals surface area contributed by atoms with Crippen LogP contribution in [0.5, 0.6) is 0 Å². The van der Waals surface area contributed by atoms with Gasteiger partial charge in [0.25, 0.3) is 0 Å². The van der Waals surface area contributed by atoms with Crippen molar-refractivity contribution < 1.29 is 14.7 Å². The molecule has 1 aliphatic heterocycles. The molecule has 1 unspecified atom stereocenters. The molecule has 0 aliphatic carbocycles. The Hall–Kier alpha value is -1.68. The first kappa shape index (κ1) is 14.7. The minimum Gasteiger partial charge on any atom is -0.478 e. The third kappa shape index (κ3) is 3.67. The molecule has 0 spiro atoms. The van der Waals surface area contributed by atoms with E-state index >= 15 is 0 Å². The number of carboxylic acid groups (broad SMARTS) is 1. The molecule has 0 amide bonds. The normalized spacial score (nSPS) is 17.6. The number of rotatable bonds is 5. The highest BCUT2D eigenvalue weighted by atomic mass is 16.4. The number of likely N-dealkylation sites (tertiary alicyclic amines) is 1. The fourth-order valence-electron chi connectivity index (χ4n) is 2.67. The van der Waals surface area contributed by atoms with Crippen LogP contribution in [0.2, 0.25) is 0 Å². The molecule has 2 rings (SSSR count). The number of carbonyl (C=O) groups is 2. The predicted molar refractivity (Wildman–Crippen MR) is 77.2 cm³/mol. The van der Waals surface area contributed by atoms with Gasteiger partial charge in [-0.25, -0.2) is 4.79 Å². The monoisotopic (exact) mass is 275 g/mol. The van der Waals surface area contributed by atoms with Gasteiger partial charge in [0.2, 0.25) is 0 Å². The Bertz CT molecular complexity index is 475. The van der Waals surface area contributed by atoms with Crippen molar-refractivity contribution in [1.29, 1.82) is 0 Å². The van der Waals surface area contributed by atoms with Crippen molar-refractivity contribution in [2.45, 2.75) is 26.2 Å². The van der Waals surface area contributed by atoms with Gasteiger partial charge in [-0.3, -0.25) is 4.79 Å². The number of carboxylic acids is 1. The molecule has 108 valence electrons. The first-order valence-corrected chi connectivity index (χ1v) is 7.18. The van der Waals surface area contributed by atoms with Gasteiger partial charge in [-0.05, 0) is 38.1 Å². The van der Waals surface area contributed by atoms with Crippen molar-refractivity contribution in [3.05, 3.63) is 35.4 Å². The quantitative estimate of drug-likeness (QED) is 0.839. The van der Waals surface area contributed by atoms with Gasteiger partial charge in [0.05, 0.1) is 5.56 Å². The topological polar surface area (TPSA) is 57.6 Å². The first-order chi connectivity index (χ1) is 9.58. The summed E-state index contributed by atoms with van der Waals surface area (Å²) >= 11 is 0. The SMILES string of the molecule is CC(CN1CCCCC1)C(=O)c1ccc(C(=O)O)cc1. The molecule has 0 aromatic heterocycles. The molecule has 1 aromatic rings. The standard InChI is InChI=1S/C16H21NO3/c1-12(11-17-9-3-2-4-10-17)15(18)13-5-7-14(8-6-13)16(19)20/h5-8,12H,2-4,9-11H2,1H3,(H,19,20). The average molecular weight is 275 g/mol. The Morgan fingerprint density at radius 2 is 1.65 bits per heavy atom. The van der Waals surface area contributed by atoms with E-state index in [4.69, 9.17) is 5.11 Å². The van der Waals surface area contributed by atoms with Crippen LogP contribution in [0.25, 0.3) is 0 Å². The zero-order chi connectivity index (χ0) is 14.5. The van der Waals surface area contributed by atoms with E-state index in [0.717, 1.165) is 19.6 Å². The summed E-state index contributed by atoms with van der Waals surface area (Å²) in [6.07, 6.45) is 3.72. The Labute approximate surface area is 119 Å². The summed E-state index contributed by atoms with van der Waals surface area (Å²) in [5, 5.41) is 8.85. The van der Waals surface area contributed by atoms with Crippen LogP contribution in [0.1, 0.15) is 46.9 Å². The lowest BCUT2D eigenvalue weighted by atomic mass is 9.97. The maximum absolute atomic E-state index is 12.3. The molecule has 1 fully saturated rings. The predicted octanol–water partition coefficient (Wildman–Crippen LogP) is 2.69. The molecule has 0 saturated carbocycles. The summed E-state index contributed by atoms with van der Waals surface area (Å²) in [5.41, 5.74) is 0.810. The van der Waals surface area contributed by atoms with E-state index in [0.29, 0.717) is 5.56 Å². The highest BCUT2D eigenvalue weighted by Gasteiger charge is 2.20. The lowest BCUT2D eigenvalue weighted by Crippen LogP contribution is -2.35. The van der Waals surface area contributed by atoms with Crippen LogP contribution in [-0.2, 0) is 0 Å². The number of hydrogen-bond acceptors (Lipinski definition) is 3. The minimum absolute atomic E-state index is 0.0521. The van der Waals surface area contributed by atoms with Crippen molar-refractivity contribution in [3.63, 3.8) is 0 Å². The van der Waals surface area contributed by atoms with Gasteiger partial charge in [0.1, 0.15) is 0 Å². The van der Waals surface area contributed by atoms with E-state index in [-0.39, 0.29) is 17.3 Å². The van der Waals surface area contributed by atoms with E-state index in [1.807, 2.05) is 6.92 Å². The summed E-state index contributed by atoms with van der Waals surface area (Å²) in [5.74, 6) is -0.929. The molecule has 1 aromatic carbocycles. The number of benzene rings is 1. The fourth-order valence-corrected chi connectivity index (χ4v) is 2.67. The Balaban J connectivity index is 1.96. The van der Waals surface area contributed by atoms with Crippen LogP contribution in [-0.4, -0.2) is 41.4 Å². The van der Waals surface area contributed by atoms with E-state index in [1.54, 1.807) is 12.1 Å². The van der Waals surface area contributed by atoms with Gasteiger partial charge in [-0.2, -0.15) is 0 Å². The largest absolute Gasteiger partial charge is 0.478 e. The van der Waals surface area contributed by atoms with Gasteiger partial charge in [0.15, 0.2) is 5.78 Å². The second-order valence-corrected chi connectivity index (χ2v) is 5.51. The molecular weight excluding hydrogens is 254 g/mol. The molecule has 0 bridgehead atoms. The molecule has 4 nitrogen and oxygen atoms in total. The third-order valence-electron chi connectivity index (χ3n) is 3.84. The zero-order valence-corrected chi connectivity index (χ0v) is 11.8. The molecule has 1 saturated heterocycles.